The number of unbranched alkanes of at least 4 members (excludes halogenated alkanes) is 1. The van der Waals surface area contributed by atoms with Crippen molar-refractivity contribution in [3.05, 3.63) is 42.5 Å². The number of carbonyl (C=O) groups excluding carboxylic acids is 5. The summed E-state index contributed by atoms with van der Waals surface area (Å²) in [6.07, 6.45) is 2.71. The van der Waals surface area contributed by atoms with Gasteiger partial charge in [-0.05, 0) is 69.2 Å². The Balaban J connectivity index is 3.17. The van der Waals surface area contributed by atoms with Crippen molar-refractivity contribution in [2.75, 3.05) is 13.1 Å². The van der Waals surface area contributed by atoms with Crippen molar-refractivity contribution in [1.82, 2.24) is 26.6 Å². The first-order chi connectivity index (χ1) is 22.6. The lowest BCUT2D eigenvalue weighted by Crippen LogP contribution is -2.60. The van der Waals surface area contributed by atoms with E-state index in [1.54, 1.807) is 26.0 Å². The molecule has 16 heteroatoms. The van der Waals surface area contributed by atoms with Gasteiger partial charge in [-0.2, -0.15) is 0 Å². The molecule has 0 fully saturated rings. The Labute approximate surface area is 281 Å². The molecule has 0 aliphatic heterocycles. The SMILES string of the molecule is C=CC[C@H](NC(=O)[C@H](CN)NC(=O)[C@H](CCCCN)NC(=O)[C@H](C)N)C(=O)N[C@@H](Cc1ccc(O)cc1)C(=O)N[C@@H](CC(C)C)C(=O)O. The third kappa shape index (κ3) is 14.9. The molecule has 268 valence electrons. The minimum absolute atomic E-state index is 0.0137. The van der Waals surface area contributed by atoms with E-state index < -0.39 is 71.8 Å². The van der Waals surface area contributed by atoms with Crippen LogP contribution in [0.15, 0.2) is 36.9 Å². The molecule has 13 N–H and O–H groups in total. The average Bonchev–Trinajstić information content (AvgIpc) is 3.02. The van der Waals surface area contributed by atoms with E-state index in [4.69, 9.17) is 17.2 Å². The van der Waals surface area contributed by atoms with Gasteiger partial charge in [0.25, 0.3) is 0 Å². The van der Waals surface area contributed by atoms with Crippen LogP contribution in [0.1, 0.15) is 58.4 Å². The van der Waals surface area contributed by atoms with E-state index in [-0.39, 0.29) is 43.9 Å². The molecule has 16 nitrogen and oxygen atoms in total. The number of phenolic OH excluding ortho intramolecular Hbond substituents is 1. The topological polar surface area (TPSA) is 281 Å². The molecule has 5 amide bonds. The molecule has 48 heavy (non-hydrogen) atoms. The zero-order chi connectivity index (χ0) is 36.4. The highest BCUT2D eigenvalue weighted by Gasteiger charge is 2.32. The predicted octanol–water partition coefficient (Wildman–Crippen LogP) is -1.50. The van der Waals surface area contributed by atoms with Gasteiger partial charge in [-0.15, -0.1) is 6.58 Å². The summed E-state index contributed by atoms with van der Waals surface area (Å²) in [6, 6.07) is -1.07. The molecule has 1 rings (SSSR count). The number of carboxylic acids is 1. The van der Waals surface area contributed by atoms with Crippen LogP contribution >= 0.6 is 0 Å². The van der Waals surface area contributed by atoms with Gasteiger partial charge in [0.05, 0.1) is 6.04 Å². The fraction of sp³-hybridized carbons (Fsp3) is 0.562. The number of amides is 5. The minimum atomic E-state index is -1.30. The van der Waals surface area contributed by atoms with Crippen LogP contribution in [0.2, 0.25) is 0 Å². The molecule has 1 aromatic carbocycles. The number of carbonyl (C=O) groups is 6. The fourth-order valence-electron chi connectivity index (χ4n) is 4.55. The molecule has 0 bridgehead atoms. The Bertz CT molecular complexity index is 1240. The lowest BCUT2D eigenvalue weighted by Gasteiger charge is -2.26. The van der Waals surface area contributed by atoms with Crippen LogP contribution in [0.5, 0.6) is 5.75 Å². The quantitative estimate of drug-likeness (QED) is 0.0498. The number of aliphatic carboxylic acids is 1. The standard InChI is InChI=1S/C32H52N8O8/c1-5-8-22(37-31(46)26(17-34)40-29(44)23(9-6-7-14-33)36-27(42)19(4)35)28(43)38-24(16-20-10-12-21(41)13-11-20)30(45)39-25(32(47)48)15-18(2)3/h5,10-13,18-19,22-26,41H,1,6-9,14-17,33-35H2,2-4H3,(H,36,42)(H,37,46)(H,38,43)(H,39,45)(H,40,44)(H,47,48)/t19-,22-,23-,24-,25-,26-/m0/s1. The monoisotopic (exact) mass is 676 g/mol. The molecule has 0 aliphatic rings. The first kappa shape index (κ1) is 41.5. The smallest absolute Gasteiger partial charge is 0.326 e. The predicted molar refractivity (Wildman–Crippen MR) is 179 cm³/mol. The summed E-state index contributed by atoms with van der Waals surface area (Å²) < 4.78 is 0. The van der Waals surface area contributed by atoms with Gasteiger partial charge >= 0.3 is 5.97 Å². The maximum absolute atomic E-state index is 13.5. The normalized spacial score (nSPS) is 14.7. The van der Waals surface area contributed by atoms with E-state index in [1.165, 1.54) is 25.1 Å². The van der Waals surface area contributed by atoms with Crippen molar-refractivity contribution < 1.29 is 39.0 Å². The molecule has 0 aliphatic carbocycles. The second kappa shape index (κ2) is 21.4. The summed E-state index contributed by atoms with van der Waals surface area (Å²) in [5.74, 6) is -4.92. The fourth-order valence-corrected chi connectivity index (χ4v) is 4.55. The molecule has 6 atom stereocenters. The van der Waals surface area contributed by atoms with Gasteiger partial charge in [-0.3, -0.25) is 24.0 Å². The lowest BCUT2D eigenvalue weighted by molar-refractivity contribution is -0.142. The van der Waals surface area contributed by atoms with Gasteiger partial charge in [0.1, 0.15) is 36.0 Å². The molecule has 0 aromatic heterocycles. The zero-order valence-electron chi connectivity index (χ0n) is 27.9. The zero-order valence-corrected chi connectivity index (χ0v) is 27.9. The molecule has 0 spiro atoms. The third-order valence-corrected chi connectivity index (χ3v) is 7.23. The van der Waals surface area contributed by atoms with Crippen LogP contribution in [0.4, 0.5) is 0 Å². The molecule has 0 unspecified atom stereocenters. The molecular weight excluding hydrogens is 624 g/mol. The van der Waals surface area contributed by atoms with Gasteiger partial charge in [-0.1, -0.05) is 32.1 Å². The molecule has 0 saturated carbocycles. The van der Waals surface area contributed by atoms with Crippen LogP contribution < -0.4 is 43.8 Å². The van der Waals surface area contributed by atoms with E-state index in [9.17, 15) is 39.0 Å². The Morgan fingerprint density at radius 2 is 1.25 bits per heavy atom. The molecule has 0 heterocycles. The van der Waals surface area contributed by atoms with E-state index in [1.807, 2.05) is 0 Å². The van der Waals surface area contributed by atoms with Gasteiger partial charge in [-0.25, -0.2) is 4.79 Å². The molecule has 1 aromatic rings. The van der Waals surface area contributed by atoms with Crippen molar-refractivity contribution in [2.45, 2.75) is 95.5 Å². The number of rotatable bonds is 22. The van der Waals surface area contributed by atoms with E-state index in [2.05, 4.69) is 33.2 Å². The first-order valence-electron chi connectivity index (χ1n) is 15.9. The number of phenols is 1. The summed E-state index contributed by atoms with van der Waals surface area (Å²) in [5.41, 5.74) is 17.5. The van der Waals surface area contributed by atoms with Crippen molar-refractivity contribution >= 4 is 35.5 Å². The number of nitrogens with one attached hydrogen (secondary N) is 5. The van der Waals surface area contributed by atoms with Gasteiger partial charge in [0.15, 0.2) is 0 Å². The Morgan fingerprint density at radius 3 is 1.77 bits per heavy atom. The number of aromatic hydroxyl groups is 1. The summed E-state index contributed by atoms with van der Waals surface area (Å²) >= 11 is 0. The summed E-state index contributed by atoms with van der Waals surface area (Å²) in [7, 11) is 0. The van der Waals surface area contributed by atoms with Crippen LogP contribution in [0.25, 0.3) is 0 Å². The van der Waals surface area contributed by atoms with Crippen LogP contribution in [0.3, 0.4) is 0 Å². The Kier molecular flexibility index (Phi) is 18.5. The highest BCUT2D eigenvalue weighted by Crippen LogP contribution is 2.13. The highest BCUT2D eigenvalue weighted by atomic mass is 16.4. The number of benzene rings is 1. The summed E-state index contributed by atoms with van der Waals surface area (Å²) in [6.45, 7) is 8.72. The number of hydrogen-bond donors (Lipinski definition) is 10. The van der Waals surface area contributed by atoms with Crippen LogP contribution in [-0.4, -0.2) is 95.1 Å². The Morgan fingerprint density at radius 1 is 0.750 bits per heavy atom. The maximum atomic E-state index is 13.5. The second-order valence-electron chi connectivity index (χ2n) is 12.0. The molecule has 0 saturated heterocycles. The lowest BCUT2D eigenvalue weighted by atomic mass is 10.0. The molecule has 0 radical (unpaired) electrons. The van der Waals surface area contributed by atoms with Crippen LogP contribution in [-0.2, 0) is 35.2 Å². The largest absolute Gasteiger partial charge is 0.508 e. The second-order valence-corrected chi connectivity index (χ2v) is 12.0. The maximum Gasteiger partial charge on any atom is 0.326 e. The summed E-state index contributed by atoms with van der Waals surface area (Å²) in [4.78, 5) is 77.2. The third-order valence-electron chi connectivity index (χ3n) is 7.23. The van der Waals surface area contributed by atoms with Crippen molar-refractivity contribution in [1.29, 1.82) is 0 Å². The number of hydrogen-bond acceptors (Lipinski definition) is 10. The van der Waals surface area contributed by atoms with E-state index >= 15 is 0 Å². The molecular formula is C32H52N8O8. The van der Waals surface area contributed by atoms with E-state index in [0.29, 0.717) is 24.9 Å². The van der Waals surface area contributed by atoms with E-state index in [0.717, 1.165) is 0 Å². The van der Waals surface area contributed by atoms with Crippen molar-refractivity contribution in [3.63, 3.8) is 0 Å². The van der Waals surface area contributed by atoms with Crippen molar-refractivity contribution in [2.24, 2.45) is 23.1 Å². The Hall–Kier alpha value is -4.54. The van der Waals surface area contributed by atoms with Gasteiger partial charge in [0, 0.05) is 13.0 Å². The average molecular weight is 677 g/mol. The van der Waals surface area contributed by atoms with Crippen LogP contribution in [0, 0.1) is 5.92 Å². The van der Waals surface area contributed by atoms with Crippen molar-refractivity contribution in [3.8, 4) is 5.75 Å². The number of nitrogens with two attached hydrogens (primary N) is 3. The first-order valence-corrected chi connectivity index (χ1v) is 15.9. The van der Waals surface area contributed by atoms with Gasteiger partial charge < -0.3 is 54.0 Å². The minimum Gasteiger partial charge on any atom is -0.508 e. The summed E-state index contributed by atoms with van der Waals surface area (Å²) in [5, 5.41) is 32.0. The van der Waals surface area contributed by atoms with Gasteiger partial charge in [0.2, 0.25) is 29.5 Å². The number of carboxylic acid groups (broad SMARTS) is 1. The highest BCUT2D eigenvalue weighted by molar-refractivity contribution is 5.96.